The van der Waals surface area contributed by atoms with Crippen molar-refractivity contribution in [2.24, 2.45) is 0 Å². The van der Waals surface area contributed by atoms with Crippen LogP contribution in [0, 0.1) is 0 Å². The standard InChI is InChI=1S/C20H19N3O3S2/c24-28(25,23-12-10-15(11-13-23)14-4-2-1-3-5-14)18-9-8-17(27-18)20-22-21-19(26-20)16-6-7-16/h1-5,8-10,16H,6-7,11-13H2. The minimum absolute atomic E-state index is 0.310. The Morgan fingerprint density at radius 3 is 2.61 bits per heavy atom. The molecule has 0 saturated heterocycles. The van der Waals surface area contributed by atoms with Gasteiger partial charge >= 0.3 is 0 Å². The van der Waals surface area contributed by atoms with Crippen LogP contribution in [-0.4, -0.2) is 36.0 Å². The molecule has 8 heteroatoms. The Balaban J connectivity index is 1.34. The van der Waals surface area contributed by atoms with Gasteiger partial charge in [-0.15, -0.1) is 21.5 Å². The molecule has 5 rings (SSSR count). The number of sulfonamides is 1. The van der Waals surface area contributed by atoms with Crippen molar-refractivity contribution in [1.82, 2.24) is 14.5 Å². The Morgan fingerprint density at radius 1 is 1.07 bits per heavy atom. The molecule has 6 nitrogen and oxygen atoms in total. The summed E-state index contributed by atoms with van der Waals surface area (Å²) < 4.78 is 33.6. The average Bonchev–Trinajstić information content (AvgIpc) is 3.25. The SMILES string of the molecule is O=S(=O)(c1ccc(-c2nnc(C3CC3)o2)s1)N1CC=C(c2ccccc2)CC1. The molecule has 0 radical (unpaired) electrons. The summed E-state index contributed by atoms with van der Waals surface area (Å²) in [6, 6.07) is 13.5. The van der Waals surface area contributed by atoms with Crippen LogP contribution in [0.1, 0.15) is 36.6 Å². The van der Waals surface area contributed by atoms with Gasteiger partial charge < -0.3 is 4.42 Å². The maximum Gasteiger partial charge on any atom is 0.257 e. The van der Waals surface area contributed by atoms with Gasteiger partial charge in [0.05, 0.1) is 4.88 Å². The fourth-order valence-electron chi connectivity index (χ4n) is 3.31. The van der Waals surface area contributed by atoms with Crippen molar-refractivity contribution in [3.05, 3.63) is 60.0 Å². The predicted octanol–water partition coefficient (Wildman–Crippen LogP) is 4.15. The number of benzene rings is 1. The highest BCUT2D eigenvalue weighted by Crippen LogP contribution is 2.41. The van der Waals surface area contributed by atoms with Gasteiger partial charge in [0, 0.05) is 19.0 Å². The van der Waals surface area contributed by atoms with E-state index in [4.69, 9.17) is 4.42 Å². The van der Waals surface area contributed by atoms with Crippen molar-refractivity contribution in [3.63, 3.8) is 0 Å². The number of aromatic nitrogens is 2. The second-order valence-corrected chi connectivity index (χ2v) is 10.3. The van der Waals surface area contributed by atoms with E-state index in [1.54, 1.807) is 12.1 Å². The maximum absolute atomic E-state index is 13.0. The highest BCUT2D eigenvalue weighted by molar-refractivity contribution is 7.91. The molecule has 0 N–H and O–H groups in total. The molecule has 28 heavy (non-hydrogen) atoms. The Hall–Kier alpha value is -2.29. The van der Waals surface area contributed by atoms with E-state index in [9.17, 15) is 8.42 Å². The lowest BCUT2D eigenvalue weighted by Crippen LogP contribution is -2.34. The lowest BCUT2D eigenvalue weighted by Gasteiger charge is -2.25. The number of rotatable bonds is 5. The fraction of sp³-hybridized carbons (Fsp3) is 0.300. The molecule has 0 unspecified atom stereocenters. The molecule has 1 aliphatic heterocycles. The summed E-state index contributed by atoms with van der Waals surface area (Å²) in [6.45, 7) is 0.856. The Morgan fingerprint density at radius 2 is 1.89 bits per heavy atom. The van der Waals surface area contributed by atoms with Gasteiger partial charge in [0.2, 0.25) is 5.89 Å². The zero-order valence-electron chi connectivity index (χ0n) is 15.1. The number of nitrogens with zero attached hydrogens (tertiary/aromatic N) is 3. The van der Waals surface area contributed by atoms with E-state index in [1.165, 1.54) is 21.2 Å². The molecule has 1 aliphatic carbocycles. The first-order chi connectivity index (χ1) is 13.6. The van der Waals surface area contributed by atoms with E-state index in [2.05, 4.69) is 22.3 Å². The predicted molar refractivity (Wildman–Crippen MR) is 107 cm³/mol. The second kappa shape index (κ2) is 6.95. The summed E-state index contributed by atoms with van der Waals surface area (Å²) >= 11 is 1.18. The molecule has 3 heterocycles. The number of thiophene rings is 1. The fourth-order valence-corrected chi connectivity index (χ4v) is 6.08. The molecule has 144 valence electrons. The first kappa shape index (κ1) is 17.8. The molecule has 2 aromatic heterocycles. The molecular weight excluding hydrogens is 394 g/mol. The lowest BCUT2D eigenvalue weighted by molar-refractivity contribution is 0.442. The van der Waals surface area contributed by atoms with Crippen LogP contribution in [-0.2, 0) is 10.0 Å². The van der Waals surface area contributed by atoms with E-state index >= 15 is 0 Å². The first-order valence-corrected chi connectivity index (χ1v) is 11.5. The highest BCUT2D eigenvalue weighted by atomic mass is 32.2. The number of hydrogen-bond acceptors (Lipinski definition) is 6. The van der Waals surface area contributed by atoms with Gasteiger partial charge in [-0.3, -0.25) is 0 Å². The summed E-state index contributed by atoms with van der Waals surface area (Å²) in [7, 11) is -3.53. The van der Waals surface area contributed by atoms with Crippen LogP contribution in [0.3, 0.4) is 0 Å². The van der Waals surface area contributed by atoms with Gasteiger partial charge in [-0.05, 0) is 42.5 Å². The van der Waals surface area contributed by atoms with E-state index in [0.29, 0.717) is 46.3 Å². The zero-order valence-corrected chi connectivity index (χ0v) is 16.7. The summed E-state index contributed by atoms with van der Waals surface area (Å²) in [6.07, 6.45) is 4.87. The van der Waals surface area contributed by atoms with Crippen LogP contribution in [0.2, 0.25) is 0 Å². The summed E-state index contributed by atoms with van der Waals surface area (Å²) in [5.41, 5.74) is 2.35. The van der Waals surface area contributed by atoms with E-state index in [-0.39, 0.29) is 0 Å². The lowest BCUT2D eigenvalue weighted by atomic mass is 10.0. The third kappa shape index (κ3) is 3.32. The molecule has 1 saturated carbocycles. The normalized spacial score (nSPS) is 18.2. The topological polar surface area (TPSA) is 76.3 Å². The van der Waals surface area contributed by atoms with Crippen LogP contribution in [0.5, 0.6) is 0 Å². The van der Waals surface area contributed by atoms with Crippen molar-refractivity contribution in [1.29, 1.82) is 0 Å². The third-order valence-electron chi connectivity index (χ3n) is 5.07. The molecule has 0 spiro atoms. The van der Waals surface area contributed by atoms with E-state index in [1.807, 2.05) is 24.3 Å². The molecular formula is C20H19N3O3S2. The molecule has 1 fully saturated rings. The van der Waals surface area contributed by atoms with Crippen LogP contribution in [0.4, 0.5) is 0 Å². The second-order valence-electron chi connectivity index (χ2n) is 7.05. The molecule has 3 aromatic rings. The van der Waals surface area contributed by atoms with Crippen LogP contribution >= 0.6 is 11.3 Å². The van der Waals surface area contributed by atoms with Gasteiger partial charge in [0.15, 0.2) is 0 Å². The van der Waals surface area contributed by atoms with Crippen LogP contribution < -0.4 is 0 Å². The van der Waals surface area contributed by atoms with Gasteiger partial charge in [0.25, 0.3) is 15.9 Å². The summed E-state index contributed by atoms with van der Waals surface area (Å²) in [5, 5.41) is 8.15. The number of hydrogen-bond donors (Lipinski definition) is 0. The Kier molecular flexibility index (Phi) is 4.41. The van der Waals surface area contributed by atoms with E-state index in [0.717, 1.165) is 18.4 Å². The first-order valence-electron chi connectivity index (χ1n) is 9.29. The van der Waals surface area contributed by atoms with Crippen molar-refractivity contribution in [2.45, 2.75) is 29.4 Å². The Labute approximate surface area is 167 Å². The van der Waals surface area contributed by atoms with Crippen LogP contribution in [0.15, 0.2) is 57.2 Å². The third-order valence-corrected chi connectivity index (χ3v) is 8.48. The molecule has 0 amide bonds. The van der Waals surface area contributed by atoms with Crippen molar-refractivity contribution >= 4 is 26.9 Å². The molecule has 0 bridgehead atoms. The van der Waals surface area contributed by atoms with Crippen LogP contribution in [0.25, 0.3) is 16.3 Å². The van der Waals surface area contributed by atoms with Gasteiger partial charge in [-0.1, -0.05) is 36.4 Å². The van der Waals surface area contributed by atoms with Gasteiger partial charge in [-0.25, -0.2) is 8.42 Å². The van der Waals surface area contributed by atoms with Crippen molar-refractivity contribution in [2.75, 3.05) is 13.1 Å². The van der Waals surface area contributed by atoms with Gasteiger partial charge in [-0.2, -0.15) is 4.31 Å². The summed E-state index contributed by atoms with van der Waals surface area (Å²) in [5.74, 6) is 1.43. The van der Waals surface area contributed by atoms with E-state index < -0.39 is 10.0 Å². The smallest absolute Gasteiger partial charge is 0.257 e. The molecule has 2 aliphatic rings. The minimum atomic E-state index is -3.53. The zero-order chi connectivity index (χ0) is 19.1. The molecule has 0 atom stereocenters. The van der Waals surface area contributed by atoms with Gasteiger partial charge in [0.1, 0.15) is 4.21 Å². The average molecular weight is 414 g/mol. The Bertz CT molecular complexity index is 1130. The maximum atomic E-state index is 13.0. The molecule has 1 aromatic carbocycles. The highest BCUT2D eigenvalue weighted by Gasteiger charge is 2.31. The largest absolute Gasteiger partial charge is 0.420 e. The van der Waals surface area contributed by atoms with Crippen molar-refractivity contribution < 1.29 is 12.8 Å². The van der Waals surface area contributed by atoms with Crippen molar-refractivity contribution in [3.8, 4) is 10.8 Å². The quantitative estimate of drug-likeness (QED) is 0.628. The monoisotopic (exact) mass is 413 g/mol. The summed E-state index contributed by atoms with van der Waals surface area (Å²) in [4.78, 5) is 0.690. The minimum Gasteiger partial charge on any atom is -0.420 e.